The van der Waals surface area contributed by atoms with Crippen molar-refractivity contribution in [3.63, 3.8) is 0 Å². The number of ether oxygens (including phenoxy) is 2. The van der Waals surface area contributed by atoms with Crippen LogP contribution in [0.25, 0.3) is 0 Å². The minimum absolute atomic E-state index is 0.481. The van der Waals surface area contributed by atoms with Gasteiger partial charge in [0, 0.05) is 5.88 Å². The molecule has 0 fully saturated rings. The first-order chi connectivity index (χ1) is 6.31. The SMILES string of the molecule is ClCc1cc(Br)c2c(c1)OCCO2. The molecule has 0 spiro atoms. The van der Waals surface area contributed by atoms with E-state index in [1.54, 1.807) is 0 Å². The maximum absolute atomic E-state index is 5.72. The normalized spacial score (nSPS) is 14.3. The van der Waals surface area contributed by atoms with Gasteiger partial charge in [-0.05, 0) is 33.6 Å². The molecule has 1 aliphatic rings. The Morgan fingerprint density at radius 1 is 1.31 bits per heavy atom. The average molecular weight is 264 g/mol. The Kier molecular flexibility index (Phi) is 2.65. The van der Waals surface area contributed by atoms with E-state index >= 15 is 0 Å². The van der Waals surface area contributed by atoms with E-state index in [4.69, 9.17) is 21.1 Å². The smallest absolute Gasteiger partial charge is 0.175 e. The first kappa shape index (κ1) is 9.16. The lowest BCUT2D eigenvalue weighted by Gasteiger charge is -2.20. The highest BCUT2D eigenvalue weighted by Crippen LogP contribution is 2.38. The van der Waals surface area contributed by atoms with Crippen LogP contribution in [0, 0.1) is 0 Å². The number of hydrogen-bond donors (Lipinski definition) is 0. The van der Waals surface area contributed by atoms with Crippen molar-refractivity contribution in [1.29, 1.82) is 0 Å². The van der Waals surface area contributed by atoms with Gasteiger partial charge in [-0.3, -0.25) is 0 Å². The number of halogens is 2. The summed E-state index contributed by atoms with van der Waals surface area (Å²) in [5.74, 6) is 2.03. The quantitative estimate of drug-likeness (QED) is 0.725. The largest absolute Gasteiger partial charge is 0.486 e. The lowest BCUT2D eigenvalue weighted by atomic mass is 10.2. The van der Waals surface area contributed by atoms with Gasteiger partial charge in [0.15, 0.2) is 11.5 Å². The molecule has 0 aliphatic carbocycles. The topological polar surface area (TPSA) is 18.5 Å². The average Bonchev–Trinajstić information content (AvgIpc) is 2.18. The van der Waals surface area contributed by atoms with E-state index in [-0.39, 0.29) is 0 Å². The Labute approximate surface area is 89.9 Å². The summed E-state index contributed by atoms with van der Waals surface area (Å²) in [5, 5.41) is 0. The van der Waals surface area contributed by atoms with Crippen LogP contribution in [0.3, 0.4) is 0 Å². The summed E-state index contributed by atoms with van der Waals surface area (Å²) < 4.78 is 11.8. The summed E-state index contributed by atoms with van der Waals surface area (Å²) in [6.07, 6.45) is 0. The van der Waals surface area contributed by atoms with Crippen molar-refractivity contribution >= 4 is 27.5 Å². The van der Waals surface area contributed by atoms with Gasteiger partial charge < -0.3 is 9.47 Å². The molecule has 1 heterocycles. The molecular formula is C9H8BrClO2. The van der Waals surface area contributed by atoms with Crippen molar-refractivity contribution in [3.05, 3.63) is 22.2 Å². The molecule has 0 N–H and O–H groups in total. The summed E-state index contributed by atoms with van der Waals surface area (Å²) in [4.78, 5) is 0. The van der Waals surface area contributed by atoms with Gasteiger partial charge in [0.25, 0.3) is 0 Å². The highest BCUT2D eigenvalue weighted by Gasteiger charge is 2.15. The molecule has 4 heteroatoms. The fourth-order valence-electron chi connectivity index (χ4n) is 1.24. The number of fused-ring (bicyclic) bond motifs is 1. The maximum Gasteiger partial charge on any atom is 0.175 e. The molecule has 0 bridgehead atoms. The van der Waals surface area contributed by atoms with Crippen LogP contribution in [0.5, 0.6) is 11.5 Å². The third-order valence-corrected chi connectivity index (χ3v) is 2.71. The molecule has 0 unspecified atom stereocenters. The zero-order valence-corrected chi connectivity index (χ0v) is 9.19. The lowest BCUT2D eigenvalue weighted by molar-refractivity contribution is 0.170. The number of benzene rings is 1. The Balaban J connectivity index is 2.47. The number of rotatable bonds is 1. The summed E-state index contributed by atoms with van der Waals surface area (Å²) in [6, 6.07) is 3.85. The number of alkyl halides is 1. The zero-order chi connectivity index (χ0) is 9.26. The van der Waals surface area contributed by atoms with Gasteiger partial charge in [-0.2, -0.15) is 0 Å². The van der Waals surface area contributed by atoms with Crippen LogP contribution < -0.4 is 9.47 Å². The fraction of sp³-hybridized carbons (Fsp3) is 0.333. The van der Waals surface area contributed by atoms with E-state index in [1.807, 2.05) is 12.1 Å². The predicted octanol–water partition coefficient (Wildman–Crippen LogP) is 2.96. The molecule has 13 heavy (non-hydrogen) atoms. The van der Waals surface area contributed by atoms with Crippen molar-refractivity contribution in [2.75, 3.05) is 13.2 Å². The molecule has 0 saturated heterocycles. The summed E-state index contributed by atoms with van der Waals surface area (Å²) in [5.41, 5.74) is 1.03. The zero-order valence-electron chi connectivity index (χ0n) is 6.85. The second-order valence-electron chi connectivity index (χ2n) is 2.74. The maximum atomic E-state index is 5.72. The molecule has 2 rings (SSSR count). The molecule has 1 aliphatic heterocycles. The monoisotopic (exact) mass is 262 g/mol. The minimum atomic E-state index is 0.481. The molecule has 1 aromatic rings. The van der Waals surface area contributed by atoms with Crippen molar-refractivity contribution in [2.24, 2.45) is 0 Å². The second kappa shape index (κ2) is 3.76. The Morgan fingerprint density at radius 3 is 2.85 bits per heavy atom. The Hall–Kier alpha value is -0.410. The molecular weight excluding hydrogens is 255 g/mol. The molecule has 70 valence electrons. The molecule has 0 atom stereocenters. The highest BCUT2D eigenvalue weighted by molar-refractivity contribution is 9.10. The van der Waals surface area contributed by atoms with Gasteiger partial charge >= 0.3 is 0 Å². The lowest BCUT2D eigenvalue weighted by Crippen LogP contribution is -2.15. The first-order valence-corrected chi connectivity index (χ1v) is 5.28. The van der Waals surface area contributed by atoms with E-state index in [9.17, 15) is 0 Å². The van der Waals surface area contributed by atoms with Crippen molar-refractivity contribution in [1.82, 2.24) is 0 Å². The van der Waals surface area contributed by atoms with Crippen molar-refractivity contribution < 1.29 is 9.47 Å². The molecule has 0 aromatic heterocycles. The van der Waals surface area contributed by atoms with Gasteiger partial charge in [0.2, 0.25) is 0 Å². The summed E-state index contributed by atoms with van der Waals surface area (Å²) in [6.45, 7) is 1.21. The van der Waals surface area contributed by atoms with Crippen LogP contribution in [0.1, 0.15) is 5.56 Å². The van der Waals surface area contributed by atoms with Crippen LogP contribution in [-0.2, 0) is 5.88 Å². The fourth-order valence-corrected chi connectivity index (χ4v) is 2.00. The van der Waals surface area contributed by atoms with Gasteiger partial charge in [-0.15, -0.1) is 11.6 Å². The van der Waals surface area contributed by atoms with Crippen LogP contribution in [-0.4, -0.2) is 13.2 Å². The standard InChI is InChI=1S/C9H8BrClO2/c10-7-3-6(5-11)4-8-9(7)13-2-1-12-8/h3-4H,1-2,5H2. The van der Waals surface area contributed by atoms with Gasteiger partial charge in [-0.25, -0.2) is 0 Å². The highest BCUT2D eigenvalue weighted by atomic mass is 79.9. The van der Waals surface area contributed by atoms with E-state index in [1.165, 1.54) is 0 Å². The van der Waals surface area contributed by atoms with E-state index < -0.39 is 0 Å². The third kappa shape index (κ3) is 1.76. The van der Waals surface area contributed by atoms with Crippen LogP contribution in [0.2, 0.25) is 0 Å². The predicted molar refractivity (Wildman–Crippen MR) is 54.7 cm³/mol. The Morgan fingerprint density at radius 2 is 2.08 bits per heavy atom. The van der Waals surface area contributed by atoms with Crippen LogP contribution >= 0.6 is 27.5 Å². The summed E-state index contributed by atoms with van der Waals surface area (Å²) >= 11 is 9.13. The molecule has 1 aromatic carbocycles. The van der Waals surface area contributed by atoms with Gasteiger partial charge in [0.1, 0.15) is 13.2 Å². The van der Waals surface area contributed by atoms with Crippen LogP contribution in [0.4, 0.5) is 0 Å². The minimum Gasteiger partial charge on any atom is -0.486 e. The third-order valence-electron chi connectivity index (χ3n) is 1.81. The molecule has 0 amide bonds. The van der Waals surface area contributed by atoms with E-state index in [0.29, 0.717) is 19.1 Å². The molecule has 0 saturated carbocycles. The number of hydrogen-bond acceptors (Lipinski definition) is 2. The Bertz CT molecular complexity index is 328. The van der Waals surface area contributed by atoms with Crippen LogP contribution in [0.15, 0.2) is 16.6 Å². The van der Waals surface area contributed by atoms with Crippen molar-refractivity contribution in [3.8, 4) is 11.5 Å². The first-order valence-electron chi connectivity index (χ1n) is 3.95. The second-order valence-corrected chi connectivity index (χ2v) is 3.86. The van der Waals surface area contributed by atoms with Gasteiger partial charge in [0.05, 0.1) is 4.47 Å². The van der Waals surface area contributed by atoms with E-state index in [0.717, 1.165) is 21.5 Å². The van der Waals surface area contributed by atoms with E-state index in [2.05, 4.69) is 15.9 Å². The van der Waals surface area contributed by atoms with Gasteiger partial charge in [-0.1, -0.05) is 0 Å². The molecule has 2 nitrogen and oxygen atoms in total. The molecule has 0 radical (unpaired) electrons. The van der Waals surface area contributed by atoms with Crippen molar-refractivity contribution in [2.45, 2.75) is 5.88 Å². The summed E-state index contributed by atoms with van der Waals surface area (Å²) in [7, 11) is 0.